The quantitative estimate of drug-likeness (QED) is 0.339. The summed E-state index contributed by atoms with van der Waals surface area (Å²) in [5, 5.41) is 12.6. The van der Waals surface area contributed by atoms with Crippen LogP contribution in [0.1, 0.15) is 69.9 Å². The number of ether oxygens (including phenoxy) is 1. The Morgan fingerprint density at radius 3 is 2.57 bits per heavy atom. The molecule has 1 aromatic rings. The predicted octanol–water partition coefficient (Wildman–Crippen LogP) is 3.65. The summed E-state index contributed by atoms with van der Waals surface area (Å²) in [6.45, 7) is 5.19. The number of hydrogen-bond acceptors (Lipinski definition) is 5. The first-order valence-electron chi connectivity index (χ1n) is 11.0. The van der Waals surface area contributed by atoms with Gasteiger partial charge in [-0.3, -0.25) is 9.00 Å². The van der Waals surface area contributed by atoms with E-state index in [2.05, 4.69) is 5.32 Å². The zero-order chi connectivity index (χ0) is 21.8. The maximum atomic E-state index is 11.7. The molecule has 30 heavy (non-hydrogen) atoms. The van der Waals surface area contributed by atoms with Crippen LogP contribution in [0.4, 0.5) is 0 Å². The molecule has 0 aromatic heterocycles. The van der Waals surface area contributed by atoms with Gasteiger partial charge in [-0.15, -0.1) is 0 Å². The van der Waals surface area contributed by atoms with E-state index in [1.807, 2.05) is 6.92 Å². The minimum atomic E-state index is -2.48. The van der Waals surface area contributed by atoms with Gasteiger partial charge in [0.25, 0.3) is 0 Å². The van der Waals surface area contributed by atoms with Crippen LogP contribution in [0.15, 0.2) is 24.3 Å². The lowest BCUT2D eigenvalue weighted by atomic mass is 9.93. The largest absolute Gasteiger partial charge is 0.760 e. The van der Waals surface area contributed by atoms with Crippen molar-refractivity contribution in [1.82, 2.24) is 9.62 Å². The Morgan fingerprint density at radius 2 is 1.97 bits per heavy atom. The van der Waals surface area contributed by atoms with E-state index in [9.17, 15) is 18.7 Å². The number of carboxylic acid groups (broad SMARTS) is 1. The SMILES string of the molecule is CCCCN(C(CC(=O)O)c1ccc(OCCCCC2CCNCC2)cc1)S(=O)[O-]. The smallest absolute Gasteiger partial charge is 0.305 e. The van der Waals surface area contributed by atoms with E-state index in [-0.39, 0.29) is 6.42 Å². The van der Waals surface area contributed by atoms with Crippen molar-refractivity contribution in [2.75, 3.05) is 26.2 Å². The highest BCUT2D eigenvalue weighted by Crippen LogP contribution is 2.28. The molecular weight excluding hydrogens is 404 g/mol. The Kier molecular flexibility index (Phi) is 11.4. The maximum absolute atomic E-state index is 11.7. The summed E-state index contributed by atoms with van der Waals surface area (Å²) in [4.78, 5) is 11.3. The fraction of sp³-hybridized carbons (Fsp3) is 0.682. The lowest BCUT2D eigenvalue weighted by Gasteiger charge is -2.32. The molecule has 0 saturated carbocycles. The molecule has 1 aliphatic heterocycles. The molecule has 1 heterocycles. The highest BCUT2D eigenvalue weighted by Gasteiger charge is 2.24. The number of nitrogens with one attached hydrogen (secondary N) is 1. The van der Waals surface area contributed by atoms with Crippen LogP contribution in [0, 0.1) is 5.92 Å². The molecule has 2 atom stereocenters. The van der Waals surface area contributed by atoms with Gasteiger partial charge in [0.05, 0.1) is 19.1 Å². The number of unbranched alkanes of at least 4 members (excludes halogenated alkanes) is 2. The lowest BCUT2D eigenvalue weighted by molar-refractivity contribution is -0.138. The molecule has 1 saturated heterocycles. The first kappa shape index (κ1) is 24.8. The molecule has 7 nitrogen and oxygen atoms in total. The number of carbonyl (C=O) groups is 1. The van der Waals surface area contributed by atoms with E-state index in [0.29, 0.717) is 25.1 Å². The number of nitrogens with zero attached hydrogens (tertiary/aromatic N) is 1. The highest BCUT2D eigenvalue weighted by atomic mass is 32.2. The van der Waals surface area contributed by atoms with Gasteiger partial charge in [-0.05, 0) is 68.8 Å². The van der Waals surface area contributed by atoms with Crippen molar-refractivity contribution in [1.29, 1.82) is 0 Å². The number of benzene rings is 1. The van der Waals surface area contributed by atoms with E-state index in [4.69, 9.17) is 4.74 Å². The van der Waals surface area contributed by atoms with Gasteiger partial charge in [0.1, 0.15) is 5.75 Å². The average Bonchev–Trinajstić information content (AvgIpc) is 2.74. The maximum Gasteiger partial charge on any atom is 0.305 e. The molecule has 170 valence electrons. The van der Waals surface area contributed by atoms with Crippen molar-refractivity contribution in [3.8, 4) is 5.75 Å². The minimum absolute atomic E-state index is 0.269. The molecule has 0 spiro atoms. The molecule has 2 rings (SSSR count). The van der Waals surface area contributed by atoms with E-state index < -0.39 is 23.3 Å². The van der Waals surface area contributed by atoms with Crippen molar-refractivity contribution in [3.05, 3.63) is 29.8 Å². The van der Waals surface area contributed by atoms with Crippen molar-refractivity contribution in [3.63, 3.8) is 0 Å². The van der Waals surface area contributed by atoms with E-state index in [1.54, 1.807) is 24.3 Å². The van der Waals surface area contributed by atoms with Crippen LogP contribution in [0.25, 0.3) is 0 Å². The number of piperidine rings is 1. The van der Waals surface area contributed by atoms with Crippen LogP contribution in [-0.2, 0) is 16.1 Å². The third-order valence-electron chi connectivity index (χ3n) is 5.64. The van der Waals surface area contributed by atoms with Crippen LogP contribution in [0.3, 0.4) is 0 Å². The summed E-state index contributed by atoms with van der Waals surface area (Å²) in [6, 6.07) is 6.41. The van der Waals surface area contributed by atoms with Crippen LogP contribution < -0.4 is 10.1 Å². The summed E-state index contributed by atoms with van der Waals surface area (Å²) in [6.07, 6.45) is 7.20. The number of carboxylic acids is 1. The molecule has 8 heteroatoms. The average molecular weight is 440 g/mol. The zero-order valence-corrected chi connectivity index (χ0v) is 18.7. The molecular formula is C22H35N2O5S-. The molecule has 0 bridgehead atoms. The fourth-order valence-electron chi connectivity index (χ4n) is 3.88. The van der Waals surface area contributed by atoms with Gasteiger partial charge >= 0.3 is 5.97 Å². The Balaban J connectivity index is 1.86. The highest BCUT2D eigenvalue weighted by molar-refractivity contribution is 7.76. The second kappa shape index (κ2) is 13.7. The molecule has 1 aromatic carbocycles. The van der Waals surface area contributed by atoms with Gasteiger partial charge in [-0.2, -0.15) is 0 Å². The van der Waals surface area contributed by atoms with Gasteiger partial charge in [0, 0.05) is 17.8 Å². The van der Waals surface area contributed by atoms with Crippen molar-refractivity contribution >= 4 is 17.2 Å². The Morgan fingerprint density at radius 1 is 1.27 bits per heavy atom. The zero-order valence-electron chi connectivity index (χ0n) is 17.9. The summed E-state index contributed by atoms with van der Waals surface area (Å²) in [5.74, 6) is 0.526. The van der Waals surface area contributed by atoms with Gasteiger partial charge in [0.15, 0.2) is 0 Å². The fourth-order valence-corrected chi connectivity index (χ4v) is 4.56. The summed E-state index contributed by atoms with van der Waals surface area (Å²) in [5.41, 5.74) is 0.663. The molecule has 0 amide bonds. The summed E-state index contributed by atoms with van der Waals surface area (Å²) in [7, 11) is 0. The van der Waals surface area contributed by atoms with Gasteiger partial charge in [-0.1, -0.05) is 31.9 Å². The third-order valence-corrected chi connectivity index (χ3v) is 6.46. The van der Waals surface area contributed by atoms with Crippen LogP contribution in [0.5, 0.6) is 5.75 Å². The number of aliphatic carboxylic acids is 1. The van der Waals surface area contributed by atoms with Crippen LogP contribution in [0.2, 0.25) is 0 Å². The topological polar surface area (TPSA) is 102 Å². The van der Waals surface area contributed by atoms with Crippen LogP contribution in [-0.4, -0.2) is 50.4 Å². The summed E-state index contributed by atoms with van der Waals surface area (Å²) < 4.78 is 30.4. The van der Waals surface area contributed by atoms with Gasteiger partial charge in [0.2, 0.25) is 0 Å². The number of hydrogen-bond donors (Lipinski definition) is 2. The van der Waals surface area contributed by atoms with Gasteiger partial charge < -0.3 is 19.7 Å². The van der Waals surface area contributed by atoms with Crippen molar-refractivity contribution in [2.24, 2.45) is 5.92 Å². The lowest BCUT2D eigenvalue weighted by Crippen LogP contribution is -2.33. The Hall–Kier alpha value is -1.48. The molecule has 0 radical (unpaired) electrons. The number of rotatable bonds is 14. The summed E-state index contributed by atoms with van der Waals surface area (Å²) >= 11 is -2.48. The molecule has 2 N–H and O–H groups in total. The van der Waals surface area contributed by atoms with Gasteiger partial charge in [-0.25, -0.2) is 4.31 Å². The second-order valence-corrected chi connectivity index (χ2v) is 8.83. The van der Waals surface area contributed by atoms with E-state index in [0.717, 1.165) is 44.0 Å². The standard InChI is InChI=1S/C22H36N2O5S/c1-2-3-15-24(30(27)28)21(17-22(25)26)19-7-9-20(10-8-19)29-16-5-4-6-18-11-13-23-14-12-18/h7-10,18,21,23H,2-6,11-17H2,1H3,(H,25,26)(H,27,28)/p-1. The first-order chi connectivity index (χ1) is 14.5. The predicted molar refractivity (Wildman–Crippen MR) is 117 cm³/mol. The first-order valence-corrected chi connectivity index (χ1v) is 12.1. The molecule has 1 aliphatic rings. The molecule has 2 unspecified atom stereocenters. The molecule has 0 aliphatic carbocycles. The Bertz CT molecular complexity index is 649. The van der Waals surface area contributed by atoms with Crippen LogP contribution >= 0.6 is 0 Å². The van der Waals surface area contributed by atoms with Crippen molar-refractivity contribution in [2.45, 2.75) is 64.3 Å². The van der Waals surface area contributed by atoms with Crippen molar-refractivity contribution < 1.29 is 23.4 Å². The van der Waals surface area contributed by atoms with E-state index in [1.165, 1.54) is 23.6 Å². The monoisotopic (exact) mass is 439 g/mol. The second-order valence-electron chi connectivity index (χ2n) is 7.93. The normalized spacial score (nSPS) is 17.0. The van der Waals surface area contributed by atoms with E-state index >= 15 is 0 Å². The Labute approximate surface area is 182 Å². The minimum Gasteiger partial charge on any atom is -0.760 e. The molecule has 1 fully saturated rings. The third kappa shape index (κ3) is 8.71.